The molecule has 0 aliphatic carbocycles. The average Bonchev–Trinajstić information content (AvgIpc) is 2.63. The molecule has 4 heteroatoms. The largest absolute Gasteiger partial charge is 0.383 e. The van der Waals surface area contributed by atoms with Crippen LogP contribution in [0.3, 0.4) is 0 Å². The third-order valence-electron chi connectivity index (χ3n) is 2.65. The molecule has 0 amide bonds. The molecule has 2 rings (SSSR count). The Morgan fingerprint density at radius 3 is 2.75 bits per heavy atom. The fraction of sp³-hybridized carbons (Fsp3) is 0.250. The van der Waals surface area contributed by atoms with Crippen LogP contribution >= 0.6 is 11.8 Å². The van der Waals surface area contributed by atoms with Crippen LogP contribution in [0.5, 0.6) is 0 Å². The van der Waals surface area contributed by atoms with Crippen LogP contribution in [0.4, 0.5) is 5.82 Å². The highest BCUT2D eigenvalue weighted by Crippen LogP contribution is 2.22. The molecule has 1 heterocycles. The van der Waals surface area contributed by atoms with Gasteiger partial charge in [-0.15, -0.1) is 11.8 Å². The Bertz CT molecular complexity index is 491. The van der Waals surface area contributed by atoms with E-state index in [0.717, 1.165) is 17.3 Å². The van der Waals surface area contributed by atoms with E-state index in [1.807, 2.05) is 29.3 Å². The maximum Gasteiger partial charge on any atom is 0.135 e. The Morgan fingerprint density at radius 1 is 1.38 bits per heavy atom. The lowest BCUT2D eigenvalue weighted by Crippen LogP contribution is -2.07. The highest BCUT2D eigenvalue weighted by molar-refractivity contribution is 7.98. The Kier molecular flexibility index (Phi) is 3.19. The second kappa shape index (κ2) is 4.61. The zero-order valence-electron chi connectivity index (χ0n) is 9.47. The average molecular weight is 233 g/mol. The van der Waals surface area contributed by atoms with E-state index in [1.165, 1.54) is 11.1 Å². The first-order valence-corrected chi connectivity index (χ1v) is 6.34. The van der Waals surface area contributed by atoms with Gasteiger partial charge in [-0.3, -0.25) is 0 Å². The highest BCUT2D eigenvalue weighted by Gasteiger charge is 2.07. The van der Waals surface area contributed by atoms with Gasteiger partial charge in [0.05, 0.1) is 17.6 Å². The van der Waals surface area contributed by atoms with Gasteiger partial charge in [0.1, 0.15) is 5.82 Å². The van der Waals surface area contributed by atoms with Crippen molar-refractivity contribution in [1.29, 1.82) is 0 Å². The second-order valence-corrected chi connectivity index (χ2v) is 4.53. The van der Waals surface area contributed by atoms with Gasteiger partial charge in [-0.1, -0.05) is 24.3 Å². The number of hydrogen-bond acceptors (Lipinski definition) is 3. The summed E-state index contributed by atoms with van der Waals surface area (Å²) in [7, 11) is 0. The molecule has 0 radical (unpaired) electrons. The van der Waals surface area contributed by atoms with Crippen LogP contribution in [-0.4, -0.2) is 16.0 Å². The van der Waals surface area contributed by atoms with Crippen molar-refractivity contribution < 1.29 is 0 Å². The molecule has 2 N–H and O–H groups in total. The van der Waals surface area contributed by atoms with Crippen molar-refractivity contribution in [2.75, 3.05) is 12.0 Å². The highest BCUT2D eigenvalue weighted by atomic mass is 32.2. The van der Waals surface area contributed by atoms with Gasteiger partial charge < -0.3 is 5.73 Å². The molecule has 0 saturated carbocycles. The Balaban J connectivity index is 2.27. The fourth-order valence-corrected chi connectivity index (χ4v) is 2.08. The quantitative estimate of drug-likeness (QED) is 0.829. The summed E-state index contributed by atoms with van der Waals surface area (Å²) < 4.78 is 1.84. The van der Waals surface area contributed by atoms with Crippen molar-refractivity contribution in [2.45, 2.75) is 18.4 Å². The number of nitrogens with zero attached hydrogens (tertiary/aromatic N) is 2. The number of aryl methyl sites for hydroxylation is 1. The number of aromatic nitrogens is 2. The van der Waals surface area contributed by atoms with Crippen molar-refractivity contribution in [3.05, 3.63) is 41.6 Å². The van der Waals surface area contributed by atoms with Crippen LogP contribution in [0.15, 0.2) is 35.4 Å². The first kappa shape index (κ1) is 11.1. The second-order valence-electron chi connectivity index (χ2n) is 3.68. The summed E-state index contributed by atoms with van der Waals surface area (Å²) in [6.45, 7) is 2.84. The lowest BCUT2D eigenvalue weighted by atomic mass is 10.1. The van der Waals surface area contributed by atoms with E-state index in [-0.39, 0.29) is 0 Å². The predicted octanol–water partition coefficient (Wildman–Crippen LogP) is 2.54. The maximum atomic E-state index is 5.99. The van der Waals surface area contributed by atoms with Gasteiger partial charge in [-0.05, 0) is 24.3 Å². The zero-order valence-corrected chi connectivity index (χ0v) is 10.3. The SMILES string of the molecule is CSc1cnn(Cc2ccccc2C)c1N. The van der Waals surface area contributed by atoms with E-state index in [1.54, 1.807) is 11.8 Å². The molecule has 2 aromatic rings. The lowest BCUT2D eigenvalue weighted by molar-refractivity contribution is 0.693. The minimum absolute atomic E-state index is 0.735. The fourth-order valence-electron chi connectivity index (χ4n) is 1.61. The molecule has 0 bridgehead atoms. The van der Waals surface area contributed by atoms with E-state index in [2.05, 4.69) is 24.2 Å². The molecule has 3 nitrogen and oxygen atoms in total. The van der Waals surface area contributed by atoms with Gasteiger partial charge in [-0.2, -0.15) is 5.10 Å². The van der Waals surface area contributed by atoms with Gasteiger partial charge in [0.25, 0.3) is 0 Å². The number of thioether (sulfide) groups is 1. The number of nitrogen functional groups attached to an aromatic ring is 1. The molecule has 0 spiro atoms. The Morgan fingerprint density at radius 2 is 2.12 bits per heavy atom. The monoisotopic (exact) mass is 233 g/mol. The number of rotatable bonds is 3. The van der Waals surface area contributed by atoms with Crippen LogP contribution in [0.25, 0.3) is 0 Å². The first-order chi connectivity index (χ1) is 7.72. The van der Waals surface area contributed by atoms with Crippen LogP contribution in [0.1, 0.15) is 11.1 Å². The van der Waals surface area contributed by atoms with Crippen molar-refractivity contribution >= 4 is 17.6 Å². The smallest absolute Gasteiger partial charge is 0.135 e. The van der Waals surface area contributed by atoms with Crippen molar-refractivity contribution in [3.8, 4) is 0 Å². The zero-order chi connectivity index (χ0) is 11.5. The maximum absolute atomic E-state index is 5.99. The third-order valence-corrected chi connectivity index (χ3v) is 3.40. The minimum Gasteiger partial charge on any atom is -0.383 e. The normalized spacial score (nSPS) is 10.6. The minimum atomic E-state index is 0.735. The molecule has 84 valence electrons. The molecule has 0 aliphatic heterocycles. The van der Waals surface area contributed by atoms with Gasteiger partial charge in [0.15, 0.2) is 0 Å². The molecule has 1 aromatic carbocycles. The van der Waals surface area contributed by atoms with Crippen molar-refractivity contribution in [1.82, 2.24) is 9.78 Å². The van der Waals surface area contributed by atoms with E-state index in [4.69, 9.17) is 5.73 Å². The summed E-state index contributed by atoms with van der Waals surface area (Å²) in [5.74, 6) is 0.746. The van der Waals surface area contributed by atoms with Crippen molar-refractivity contribution in [3.63, 3.8) is 0 Å². The van der Waals surface area contributed by atoms with Crippen LogP contribution in [0, 0.1) is 6.92 Å². The van der Waals surface area contributed by atoms with Crippen LogP contribution in [0.2, 0.25) is 0 Å². The van der Waals surface area contributed by atoms with Crippen LogP contribution < -0.4 is 5.73 Å². The summed E-state index contributed by atoms with van der Waals surface area (Å²) in [4.78, 5) is 1.04. The molecular weight excluding hydrogens is 218 g/mol. The number of benzene rings is 1. The molecule has 0 saturated heterocycles. The number of nitrogens with two attached hydrogens (primary N) is 1. The van der Waals surface area contributed by atoms with Gasteiger partial charge in [0.2, 0.25) is 0 Å². The summed E-state index contributed by atoms with van der Waals surface area (Å²) in [6.07, 6.45) is 3.82. The van der Waals surface area contributed by atoms with Crippen molar-refractivity contribution in [2.24, 2.45) is 0 Å². The summed E-state index contributed by atoms with van der Waals surface area (Å²) >= 11 is 1.62. The van der Waals surface area contributed by atoms with E-state index in [0.29, 0.717) is 0 Å². The van der Waals surface area contributed by atoms with E-state index in [9.17, 15) is 0 Å². The molecule has 0 aliphatic rings. The molecule has 0 atom stereocenters. The summed E-state index contributed by atoms with van der Waals surface area (Å²) in [5.41, 5.74) is 8.51. The van der Waals surface area contributed by atoms with E-state index >= 15 is 0 Å². The van der Waals surface area contributed by atoms with Gasteiger partial charge >= 0.3 is 0 Å². The summed E-state index contributed by atoms with van der Waals surface area (Å²) in [6, 6.07) is 8.29. The topological polar surface area (TPSA) is 43.8 Å². The predicted molar refractivity (Wildman–Crippen MR) is 68.7 cm³/mol. The first-order valence-electron chi connectivity index (χ1n) is 5.12. The molecule has 0 unspecified atom stereocenters. The number of anilines is 1. The van der Waals surface area contributed by atoms with Crippen LogP contribution in [-0.2, 0) is 6.54 Å². The van der Waals surface area contributed by atoms with E-state index < -0.39 is 0 Å². The molecule has 1 aromatic heterocycles. The number of hydrogen-bond donors (Lipinski definition) is 1. The summed E-state index contributed by atoms with van der Waals surface area (Å²) in [5, 5.41) is 4.29. The lowest BCUT2D eigenvalue weighted by Gasteiger charge is -2.07. The third kappa shape index (κ3) is 2.07. The standard InChI is InChI=1S/C12H15N3S/c1-9-5-3-4-6-10(9)8-15-12(13)11(16-2)7-14-15/h3-7H,8,13H2,1-2H3. The molecule has 0 fully saturated rings. The Labute approximate surface area is 99.7 Å². The van der Waals surface area contributed by atoms with Gasteiger partial charge in [0, 0.05) is 0 Å². The molecular formula is C12H15N3S. The Hall–Kier alpha value is -1.42. The van der Waals surface area contributed by atoms with Gasteiger partial charge in [-0.25, -0.2) is 4.68 Å². The molecule has 16 heavy (non-hydrogen) atoms.